The van der Waals surface area contributed by atoms with E-state index < -0.39 is 17.0 Å². The van der Waals surface area contributed by atoms with Crippen LogP contribution in [0.3, 0.4) is 0 Å². The lowest BCUT2D eigenvalue weighted by Crippen LogP contribution is -2.67. The summed E-state index contributed by atoms with van der Waals surface area (Å²) in [5.74, 6) is 0.335. The van der Waals surface area contributed by atoms with Crippen LogP contribution in [0.1, 0.15) is 106 Å². The van der Waals surface area contributed by atoms with E-state index >= 15 is 0 Å². The summed E-state index contributed by atoms with van der Waals surface area (Å²) >= 11 is 0. The number of hydrogen-bond acceptors (Lipinski definition) is 3. The van der Waals surface area contributed by atoms with Crippen molar-refractivity contribution in [1.29, 1.82) is 0 Å². The van der Waals surface area contributed by atoms with Crippen molar-refractivity contribution in [3.63, 3.8) is 0 Å². The molecule has 5 rings (SSSR count). The Morgan fingerprint density at radius 2 is 1.62 bits per heavy atom. The number of rotatable bonds is 1. The molecule has 2 N–H and O–H groups in total. The highest BCUT2D eigenvalue weighted by molar-refractivity contribution is 5.85. The molecule has 0 aromatic carbocycles. The minimum atomic E-state index is -1.02. The monoisotopic (exact) mass is 470 g/mol. The maximum Gasteiger partial charge on any atom is 0.310 e. The lowest BCUT2D eigenvalue weighted by atomic mass is 9.33. The van der Waals surface area contributed by atoms with Crippen LogP contribution < -0.4 is 0 Å². The zero-order valence-corrected chi connectivity index (χ0v) is 22.5. The first-order chi connectivity index (χ1) is 15.6. The van der Waals surface area contributed by atoms with E-state index in [1.165, 1.54) is 5.57 Å². The molecule has 0 radical (unpaired) electrons. The first kappa shape index (κ1) is 24.5. The molecule has 0 aromatic rings. The maximum atomic E-state index is 12.9. The van der Waals surface area contributed by atoms with Crippen LogP contribution in [0.2, 0.25) is 0 Å². The molecule has 0 aliphatic heterocycles. The molecule has 0 bridgehead atoms. The second-order valence-electron chi connectivity index (χ2n) is 14.5. The highest BCUT2D eigenvalue weighted by Crippen LogP contribution is 2.75. The van der Waals surface area contributed by atoms with Gasteiger partial charge in [0.1, 0.15) is 5.78 Å². The number of carboxylic acid groups (broad SMARTS) is 1. The number of aliphatic carboxylic acids is 1. The molecule has 4 nitrogen and oxygen atoms in total. The van der Waals surface area contributed by atoms with Crippen molar-refractivity contribution in [2.75, 3.05) is 0 Å². The van der Waals surface area contributed by atoms with Crippen LogP contribution in [-0.4, -0.2) is 27.6 Å². The van der Waals surface area contributed by atoms with E-state index in [4.69, 9.17) is 0 Å². The van der Waals surface area contributed by atoms with E-state index in [-0.39, 0.29) is 33.5 Å². The zero-order chi connectivity index (χ0) is 25.1. The van der Waals surface area contributed by atoms with E-state index in [1.54, 1.807) is 0 Å². The molecule has 4 saturated carbocycles. The quantitative estimate of drug-likeness (QED) is 0.434. The van der Waals surface area contributed by atoms with Gasteiger partial charge in [0, 0.05) is 17.8 Å². The number of allylic oxidation sites excluding steroid dienone is 1. The SMILES string of the molecule is C[C@@H]1CC[C@]2(C(=O)O)CC[C@]3(C)C(=CC[C@@H]4[C@@]5(C)CCC(=O)C(C)(C)[C@@H]5CC[C@]43C)[C@H]2[C@]1(C)O. The molecule has 190 valence electrons. The van der Waals surface area contributed by atoms with Crippen molar-refractivity contribution < 1.29 is 19.8 Å². The minimum Gasteiger partial charge on any atom is -0.481 e. The standard InChI is InChI=1S/C30H46O4/c1-18-10-15-30(24(32)33)17-16-27(5)19(23(30)29(18,7)34)8-9-21-26(4)13-12-22(31)25(2,3)20(26)11-14-28(21,27)6/h8,18,20-21,23,34H,9-17H2,1-7H3,(H,32,33)/t18-,20+,21-,23+,26+,27-,28-,29-,30+/m1/s1. The summed E-state index contributed by atoms with van der Waals surface area (Å²) in [5, 5.41) is 22.4. The van der Waals surface area contributed by atoms with Gasteiger partial charge in [0.05, 0.1) is 11.0 Å². The van der Waals surface area contributed by atoms with Gasteiger partial charge in [-0.15, -0.1) is 0 Å². The largest absolute Gasteiger partial charge is 0.481 e. The summed E-state index contributed by atoms with van der Waals surface area (Å²) in [4.78, 5) is 25.7. The Labute approximate surface area is 206 Å². The van der Waals surface area contributed by atoms with Crippen LogP contribution in [0, 0.1) is 50.7 Å². The predicted octanol–water partition coefficient (Wildman–Crippen LogP) is 6.41. The Balaban J connectivity index is 1.65. The van der Waals surface area contributed by atoms with Crippen LogP contribution in [0.25, 0.3) is 0 Å². The van der Waals surface area contributed by atoms with Crippen molar-refractivity contribution in [2.45, 2.75) is 112 Å². The zero-order valence-electron chi connectivity index (χ0n) is 22.5. The number of carboxylic acids is 1. The Bertz CT molecular complexity index is 961. The van der Waals surface area contributed by atoms with Crippen molar-refractivity contribution in [1.82, 2.24) is 0 Å². The molecular weight excluding hydrogens is 424 g/mol. The highest BCUT2D eigenvalue weighted by atomic mass is 16.4. The number of carbonyl (C=O) groups excluding carboxylic acids is 1. The van der Waals surface area contributed by atoms with Gasteiger partial charge < -0.3 is 10.2 Å². The Kier molecular flexibility index (Phi) is 5.04. The summed E-state index contributed by atoms with van der Waals surface area (Å²) in [7, 11) is 0. The fourth-order valence-electron chi connectivity index (χ4n) is 10.7. The number of fused-ring (bicyclic) bond motifs is 7. The third kappa shape index (κ3) is 2.65. The Morgan fingerprint density at radius 1 is 0.941 bits per heavy atom. The maximum absolute atomic E-state index is 12.9. The van der Waals surface area contributed by atoms with Crippen LogP contribution in [0.15, 0.2) is 11.6 Å². The van der Waals surface area contributed by atoms with Gasteiger partial charge in [0.25, 0.3) is 0 Å². The summed E-state index contributed by atoms with van der Waals surface area (Å²) in [6.45, 7) is 15.7. The van der Waals surface area contributed by atoms with Crippen LogP contribution >= 0.6 is 0 Å². The van der Waals surface area contributed by atoms with Gasteiger partial charge in [-0.2, -0.15) is 0 Å². The minimum absolute atomic E-state index is 0.0419. The van der Waals surface area contributed by atoms with Crippen molar-refractivity contribution in [2.24, 2.45) is 50.7 Å². The normalized spacial score (nSPS) is 54.1. The average molecular weight is 471 g/mol. The molecule has 9 atom stereocenters. The topological polar surface area (TPSA) is 74.6 Å². The number of carbonyl (C=O) groups is 2. The summed E-state index contributed by atoms with van der Waals surface area (Å²) in [5.41, 5.74) is -0.880. The van der Waals surface area contributed by atoms with E-state index in [0.717, 1.165) is 38.5 Å². The Morgan fingerprint density at radius 3 is 2.26 bits per heavy atom. The molecule has 0 aromatic heterocycles. The third-order valence-corrected chi connectivity index (χ3v) is 13.2. The van der Waals surface area contributed by atoms with E-state index in [2.05, 4.69) is 47.6 Å². The fraction of sp³-hybridized carbons (Fsp3) is 0.867. The summed E-state index contributed by atoms with van der Waals surface area (Å²) in [6, 6.07) is 0. The van der Waals surface area contributed by atoms with Gasteiger partial charge >= 0.3 is 5.97 Å². The fourth-order valence-corrected chi connectivity index (χ4v) is 10.7. The first-order valence-corrected chi connectivity index (χ1v) is 13.8. The molecule has 0 unspecified atom stereocenters. The van der Waals surface area contributed by atoms with Gasteiger partial charge in [-0.05, 0) is 92.3 Å². The molecule has 34 heavy (non-hydrogen) atoms. The predicted molar refractivity (Wildman–Crippen MR) is 133 cm³/mol. The van der Waals surface area contributed by atoms with Crippen molar-refractivity contribution in [3.05, 3.63) is 11.6 Å². The number of ketones is 1. The molecule has 0 amide bonds. The van der Waals surface area contributed by atoms with E-state index in [0.29, 0.717) is 36.9 Å². The summed E-state index contributed by atoms with van der Waals surface area (Å²) in [6.07, 6.45) is 10.1. The van der Waals surface area contributed by atoms with Crippen LogP contribution in [-0.2, 0) is 9.59 Å². The molecule has 5 aliphatic rings. The van der Waals surface area contributed by atoms with Gasteiger partial charge in [-0.1, -0.05) is 53.2 Å². The molecule has 4 heteroatoms. The Hall–Kier alpha value is -1.16. The molecule has 4 fully saturated rings. The molecule has 0 heterocycles. The van der Waals surface area contributed by atoms with Crippen molar-refractivity contribution in [3.8, 4) is 0 Å². The lowest BCUT2D eigenvalue weighted by molar-refractivity contribution is -0.206. The third-order valence-electron chi connectivity index (χ3n) is 13.2. The van der Waals surface area contributed by atoms with Gasteiger partial charge in [0.15, 0.2) is 0 Å². The van der Waals surface area contributed by atoms with Gasteiger partial charge in [0.2, 0.25) is 0 Å². The smallest absolute Gasteiger partial charge is 0.310 e. The molecule has 0 spiro atoms. The average Bonchev–Trinajstić information content (AvgIpc) is 2.74. The van der Waals surface area contributed by atoms with Crippen LogP contribution in [0.4, 0.5) is 0 Å². The van der Waals surface area contributed by atoms with Gasteiger partial charge in [-0.25, -0.2) is 0 Å². The highest BCUT2D eigenvalue weighted by Gasteiger charge is 2.71. The van der Waals surface area contributed by atoms with Crippen molar-refractivity contribution >= 4 is 11.8 Å². The van der Waals surface area contributed by atoms with E-state index in [9.17, 15) is 19.8 Å². The molecule has 5 aliphatic carbocycles. The first-order valence-electron chi connectivity index (χ1n) is 13.8. The van der Waals surface area contributed by atoms with E-state index in [1.807, 2.05) is 6.92 Å². The molecular formula is C30H46O4. The number of Topliss-reactive ketones (excluding diaryl/α,β-unsaturated/α-hetero) is 1. The van der Waals surface area contributed by atoms with Crippen LogP contribution in [0.5, 0.6) is 0 Å². The van der Waals surface area contributed by atoms with Gasteiger partial charge in [-0.3, -0.25) is 9.59 Å². The lowest BCUT2D eigenvalue weighted by Gasteiger charge is -2.71. The second-order valence-corrected chi connectivity index (χ2v) is 14.5. The number of hydrogen-bond donors (Lipinski definition) is 2. The summed E-state index contributed by atoms with van der Waals surface area (Å²) < 4.78 is 0. The second kappa shape index (κ2) is 6.99. The molecule has 0 saturated heterocycles. The number of aliphatic hydroxyl groups is 1.